The van der Waals surface area contributed by atoms with Crippen molar-refractivity contribution in [3.8, 4) is 0 Å². The Morgan fingerprint density at radius 2 is 1.78 bits per heavy atom. The average molecular weight is 544 g/mol. The largest absolute Gasteiger partial charge is 0.393 e. The molecular weight excluding hydrogens is 494 g/mol. The summed E-state index contributed by atoms with van der Waals surface area (Å²) in [5, 5.41) is 36.6. The van der Waals surface area contributed by atoms with Gasteiger partial charge in [-0.15, -0.1) is 0 Å². The van der Waals surface area contributed by atoms with Gasteiger partial charge in [-0.05, 0) is 97.2 Å². The molecule has 9 heteroatoms. The molecule has 37 heavy (non-hydrogen) atoms. The fraction of sp³-hybridized carbons (Fsp3) is 0.964. The van der Waals surface area contributed by atoms with Crippen LogP contribution in [0.4, 0.5) is 0 Å². The van der Waals surface area contributed by atoms with E-state index in [1.165, 1.54) is 0 Å². The van der Waals surface area contributed by atoms with E-state index < -0.39 is 28.1 Å². The highest BCUT2D eigenvalue weighted by Gasteiger charge is 2.67. The highest BCUT2D eigenvalue weighted by Crippen LogP contribution is 2.69. The van der Waals surface area contributed by atoms with Gasteiger partial charge in [-0.2, -0.15) is 8.42 Å². The smallest absolute Gasteiger partial charge is 0.266 e. The van der Waals surface area contributed by atoms with Crippen molar-refractivity contribution in [2.45, 2.75) is 104 Å². The topological polar surface area (TPSA) is 144 Å². The monoisotopic (exact) mass is 543 g/mol. The number of hydrogen-bond donors (Lipinski definition) is 5. The van der Waals surface area contributed by atoms with E-state index in [0.29, 0.717) is 31.1 Å². The summed E-state index contributed by atoms with van der Waals surface area (Å²) < 4.78 is 30.6. The first kappa shape index (κ1) is 29.2. The summed E-state index contributed by atoms with van der Waals surface area (Å²) in [5.41, 5.74) is -0.188. The summed E-state index contributed by atoms with van der Waals surface area (Å²) in [6.07, 6.45) is 5.71. The normalized spacial score (nSPS) is 46.4. The molecule has 0 aliphatic heterocycles. The lowest BCUT2D eigenvalue weighted by molar-refractivity contribution is -0.235. The fourth-order valence-corrected chi connectivity index (χ4v) is 10.4. The average Bonchev–Trinajstić information content (AvgIpc) is 3.14. The molecule has 0 heterocycles. The van der Waals surface area contributed by atoms with Gasteiger partial charge < -0.3 is 20.6 Å². The van der Waals surface area contributed by atoms with Crippen molar-refractivity contribution in [1.29, 1.82) is 0 Å². The van der Waals surface area contributed by atoms with Crippen molar-refractivity contribution in [1.82, 2.24) is 5.32 Å². The van der Waals surface area contributed by atoms with Gasteiger partial charge in [0.05, 0.1) is 24.1 Å². The maximum absolute atomic E-state index is 12.3. The molecule has 0 bridgehead atoms. The Morgan fingerprint density at radius 3 is 2.43 bits per heavy atom. The van der Waals surface area contributed by atoms with Crippen LogP contribution < -0.4 is 5.32 Å². The van der Waals surface area contributed by atoms with Crippen LogP contribution in [0.3, 0.4) is 0 Å². The third-order valence-corrected chi connectivity index (χ3v) is 12.3. The minimum Gasteiger partial charge on any atom is -0.393 e. The van der Waals surface area contributed by atoms with E-state index in [-0.39, 0.29) is 59.0 Å². The first-order chi connectivity index (χ1) is 17.2. The Kier molecular flexibility index (Phi) is 8.44. The van der Waals surface area contributed by atoms with Gasteiger partial charge in [0.25, 0.3) is 10.1 Å². The number of aliphatic hydroxyl groups excluding tert-OH is 3. The fourth-order valence-electron chi connectivity index (χ4n) is 10.0. The molecule has 8 nitrogen and oxygen atoms in total. The number of nitrogens with one attached hydrogen (secondary N) is 1. The molecule has 1 amide bonds. The number of aliphatic hydroxyl groups is 3. The predicted molar refractivity (Wildman–Crippen MR) is 141 cm³/mol. The van der Waals surface area contributed by atoms with Crippen LogP contribution in [0, 0.1) is 52.3 Å². The van der Waals surface area contributed by atoms with Gasteiger partial charge in [0.2, 0.25) is 5.91 Å². The number of rotatable bonds is 8. The molecular formula is C28H49NO7S. The molecule has 0 radical (unpaired) electrons. The van der Waals surface area contributed by atoms with E-state index >= 15 is 0 Å². The number of carbonyl (C=O) groups is 1. The Morgan fingerprint density at radius 1 is 1.08 bits per heavy atom. The Hall–Kier alpha value is -0.740. The number of hydrogen-bond acceptors (Lipinski definition) is 6. The van der Waals surface area contributed by atoms with Gasteiger partial charge in [0, 0.05) is 13.0 Å². The molecule has 4 rings (SSSR count). The first-order valence-corrected chi connectivity index (χ1v) is 16.1. The Balaban J connectivity index is 1.48. The van der Waals surface area contributed by atoms with Crippen LogP contribution >= 0.6 is 0 Å². The Labute approximate surface area is 222 Å². The molecule has 0 aromatic carbocycles. The summed E-state index contributed by atoms with van der Waals surface area (Å²) in [6.45, 7) is 8.84. The van der Waals surface area contributed by atoms with Crippen LogP contribution in [0.25, 0.3) is 0 Å². The molecule has 214 valence electrons. The van der Waals surface area contributed by atoms with Crippen LogP contribution in [-0.2, 0) is 14.9 Å². The summed E-state index contributed by atoms with van der Waals surface area (Å²) in [7, 11) is -4.10. The third kappa shape index (κ3) is 5.37. The van der Waals surface area contributed by atoms with Crippen LogP contribution in [0.2, 0.25) is 0 Å². The van der Waals surface area contributed by atoms with Crippen molar-refractivity contribution < 1.29 is 33.1 Å². The summed E-state index contributed by atoms with van der Waals surface area (Å²) in [5.74, 6) is 0.671. The van der Waals surface area contributed by atoms with E-state index in [9.17, 15) is 28.5 Å². The second kappa shape index (κ2) is 10.7. The van der Waals surface area contributed by atoms with E-state index in [1.807, 2.05) is 0 Å². The maximum Gasteiger partial charge on any atom is 0.266 e. The van der Waals surface area contributed by atoms with Gasteiger partial charge in [-0.1, -0.05) is 34.1 Å². The molecule has 4 aliphatic carbocycles. The third-order valence-electron chi connectivity index (χ3n) is 11.6. The standard InChI is InChI=1S/C28H49NO7S/c1-5-18-21-14-17(30)10-11-27(21,3)25-22(31)15-28(4)19(7-8-20(28)24(25)26(18)33)16(2)6-9-23(32)29-12-13-37(34,35)36/h16-22,24-26,30-31,33H,5-15H2,1-4H3,(H,29,32)(H,34,35,36)/t16-,17-,18-,19-,20?,21+,22+,24?,25?,26-,27+,28-/m1/s1. The molecule has 0 aromatic rings. The second-order valence-corrected chi connectivity index (χ2v) is 15.0. The zero-order chi connectivity index (χ0) is 27.3. The van der Waals surface area contributed by atoms with Crippen molar-refractivity contribution >= 4 is 16.0 Å². The Bertz CT molecular complexity index is 943. The van der Waals surface area contributed by atoms with Crippen molar-refractivity contribution in [3.63, 3.8) is 0 Å². The highest BCUT2D eigenvalue weighted by molar-refractivity contribution is 7.85. The molecule has 0 saturated heterocycles. The van der Waals surface area contributed by atoms with Gasteiger partial charge in [-0.25, -0.2) is 0 Å². The molecule has 4 aliphatic rings. The van der Waals surface area contributed by atoms with E-state index in [4.69, 9.17) is 4.55 Å². The lowest BCUT2D eigenvalue weighted by Crippen LogP contribution is -2.65. The minimum atomic E-state index is -4.10. The molecule has 0 spiro atoms. The van der Waals surface area contributed by atoms with Crippen LogP contribution in [0.1, 0.15) is 85.5 Å². The van der Waals surface area contributed by atoms with Crippen molar-refractivity contribution in [2.24, 2.45) is 52.3 Å². The second-order valence-electron chi connectivity index (χ2n) is 13.4. The zero-order valence-electron chi connectivity index (χ0n) is 23.0. The van der Waals surface area contributed by atoms with Gasteiger partial charge >= 0.3 is 0 Å². The van der Waals surface area contributed by atoms with Crippen LogP contribution in [0.5, 0.6) is 0 Å². The zero-order valence-corrected chi connectivity index (χ0v) is 23.8. The molecule has 5 N–H and O–H groups in total. The minimum absolute atomic E-state index is 0.0449. The van der Waals surface area contributed by atoms with E-state index in [0.717, 1.165) is 38.5 Å². The summed E-state index contributed by atoms with van der Waals surface area (Å²) >= 11 is 0. The molecule has 3 unspecified atom stereocenters. The maximum atomic E-state index is 12.3. The summed E-state index contributed by atoms with van der Waals surface area (Å²) in [6, 6.07) is 0. The van der Waals surface area contributed by atoms with Gasteiger partial charge in [-0.3, -0.25) is 9.35 Å². The first-order valence-electron chi connectivity index (χ1n) is 14.5. The SMILES string of the molecule is CC[C@H]1[C@@H](O)C2C3CC[C@H]([C@H](C)CCC(=O)NCCS(=O)(=O)O)[C@@]3(C)C[C@H](O)C2[C@@]2(C)CC[C@@H](O)C[C@@H]12. The quantitative estimate of drug-likeness (QED) is 0.296. The molecule has 4 saturated carbocycles. The van der Waals surface area contributed by atoms with Crippen LogP contribution in [0.15, 0.2) is 0 Å². The van der Waals surface area contributed by atoms with E-state index in [2.05, 4.69) is 33.0 Å². The number of amides is 1. The molecule has 0 aromatic heterocycles. The molecule has 4 fully saturated rings. The van der Waals surface area contributed by atoms with Gasteiger partial charge in [0.1, 0.15) is 0 Å². The van der Waals surface area contributed by atoms with Crippen LogP contribution in [-0.4, -0.2) is 64.8 Å². The molecule has 12 atom stereocenters. The van der Waals surface area contributed by atoms with Crippen molar-refractivity contribution in [2.75, 3.05) is 12.3 Å². The highest BCUT2D eigenvalue weighted by atomic mass is 32.2. The van der Waals surface area contributed by atoms with E-state index in [1.54, 1.807) is 0 Å². The summed E-state index contributed by atoms with van der Waals surface area (Å²) in [4.78, 5) is 12.3. The lowest BCUT2D eigenvalue weighted by atomic mass is 9.40. The number of carbonyl (C=O) groups excluding carboxylic acids is 1. The number of fused-ring (bicyclic) bond motifs is 5. The van der Waals surface area contributed by atoms with Crippen molar-refractivity contribution in [3.05, 3.63) is 0 Å². The van der Waals surface area contributed by atoms with Gasteiger partial charge in [0.15, 0.2) is 0 Å². The lowest BCUT2D eigenvalue weighted by Gasteiger charge is -2.66. The predicted octanol–water partition coefficient (Wildman–Crippen LogP) is 3.00.